The molecule has 0 aromatic heterocycles. The Morgan fingerprint density at radius 3 is 2.48 bits per heavy atom. The van der Waals surface area contributed by atoms with Gasteiger partial charge in [-0.2, -0.15) is 0 Å². The Morgan fingerprint density at radius 2 is 1.80 bits per heavy atom. The lowest BCUT2D eigenvalue weighted by atomic mass is 9.86. The molecule has 1 aromatic carbocycles. The third-order valence-electron chi connectivity index (χ3n) is 5.37. The van der Waals surface area contributed by atoms with Crippen LogP contribution in [0.3, 0.4) is 0 Å². The largest absolute Gasteiger partial charge is 0.481 e. The van der Waals surface area contributed by atoms with E-state index in [4.69, 9.17) is 5.11 Å². The smallest absolute Gasteiger partial charge is 0.315 e. The fraction of sp³-hybridized carbons (Fsp3) is 0.579. The van der Waals surface area contributed by atoms with Crippen LogP contribution in [0.25, 0.3) is 0 Å². The molecular formula is C19H27N3O3. The number of anilines is 1. The summed E-state index contributed by atoms with van der Waals surface area (Å²) in [7, 11) is 0. The van der Waals surface area contributed by atoms with E-state index in [-0.39, 0.29) is 18.0 Å². The van der Waals surface area contributed by atoms with Gasteiger partial charge in [-0.15, -0.1) is 0 Å². The van der Waals surface area contributed by atoms with Crippen LogP contribution in [0.5, 0.6) is 0 Å². The number of benzene rings is 1. The summed E-state index contributed by atoms with van der Waals surface area (Å²) in [5.74, 6) is -0.496. The lowest BCUT2D eigenvalue weighted by Crippen LogP contribution is -2.45. The Balaban J connectivity index is 1.35. The standard InChI is InChI=1S/C19H27N3O3/c23-18(24)15-6-8-16(9-7-15)21-19(25)20-12-14-10-11-22(13-14)17-4-2-1-3-5-17/h1-5,14-16H,6-13H2,(H,23,24)(H2,20,21,25). The van der Waals surface area contributed by atoms with Crippen molar-refractivity contribution in [2.45, 2.75) is 38.1 Å². The summed E-state index contributed by atoms with van der Waals surface area (Å²) in [5.41, 5.74) is 1.24. The van der Waals surface area contributed by atoms with E-state index in [0.29, 0.717) is 25.3 Å². The highest BCUT2D eigenvalue weighted by Crippen LogP contribution is 2.25. The Labute approximate surface area is 148 Å². The molecule has 1 aromatic rings. The number of hydrogen-bond donors (Lipinski definition) is 3. The summed E-state index contributed by atoms with van der Waals surface area (Å²) in [4.78, 5) is 25.4. The van der Waals surface area contributed by atoms with Crippen molar-refractivity contribution in [3.63, 3.8) is 0 Å². The Kier molecular flexibility index (Phi) is 5.79. The van der Waals surface area contributed by atoms with Gasteiger partial charge in [-0.25, -0.2) is 4.79 Å². The molecule has 1 unspecified atom stereocenters. The van der Waals surface area contributed by atoms with Crippen molar-refractivity contribution in [2.24, 2.45) is 11.8 Å². The Bertz CT molecular complexity index is 585. The number of carboxylic acids is 1. The SMILES string of the molecule is O=C(NCC1CCN(c2ccccc2)C1)NC1CCC(C(=O)O)CC1. The fourth-order valence-corrected chi connectivity index (χ4v) is 3.83. The topological polar surface area (TPSA) is 81.7 Å². The number of nitrogens with zero attached hydrogens (tertiary/aromatic N) is 1. The minimum absolute atomic E-state index is 0.0972. The Morgan fingerprint density at radius 1 is 1.08 bits per heavy atom. The number of amides is 2. The van der Waals surface area contributed by atoms with E-state index < -0.39 is 5.97 Å². The molecule has 2 fully saturated rings. The number of carboxylic acid groups (broad SMARTS) is 1. The molecule has 1 aliphatic carbocycles. The maximum atomic E-state index is 12.1. The highest BCUT2D eigenvalue weighted by atomic mass is 16.4. The van der Waals surface area contributed by atoms with Crippen molar-refractivity contribution < 1.29 is 14.7 Å². The van der Waals surface area contributed by atoms with Crippen LogP contribution in [-0.4, -0.2) is 42.8 Å². The van der Waals surface area contributed by atoms with Crippen LogP contribution in [0.4, 0.5) is 10.5 Å². The third-order valence-corrected chi connectivity index (χ3v) is 5.37. The van der Waals surface area contributed by atoms with E-state index in [0.717, 1.165) is 32.4 Å². The number of aliphatic carboxylic acids is 1. The minimum atomic E-state index is -0.716. The van der Waals surface area contributed by atoms with Gasteiger partial charge in [0, 0.05) is 31.4 Å². The second-order valence-corrected chi connectivity index (χ2v) is 7.18. The van der Waals surface area contributed by atoms with E-state index >= 15 is 0 Å². The molecule has 1 saturated carbocycles. The summed E-state index contributed by atoms with van der Waals surface area (Å²) < 4.78 is 0. The zero-order valence-corrected chi connectivity index (χ0v) is 14.5. The molecule has 6 nitrogen and oxygen atoms in total. The van der Waals surface area contributed by atoms with Gasteiger partial charge in [0.15, 0.2) is 0 Å². The molecule has 0 radical (unpaired) electrons. The lowest BCUT2D eigenvalue weighted by molar-refractivity contribution is -0.142. The second-order valence-electron chi connectivity index (χ2n) is 7.18. The molecular weight excluding hydrogens is 318 g/mol. The first-order valence-electron chi connectivity index (χ1n) is 9.19. The fourth-order valence-electron chi connectivity index (χ4n) is 3.83. The molecule has 1 heterocycles. The van der Waals surface area contributed by atoms with Gasteiger partial charge in [0.05, 0.1) is 5.92 Å². The van der Waals surface area contributed by atoms with E-state index in [9.17, 15) is 9.59 Å². The van der Waals surface area contributed by atoms with Crippen LogP contribution >= 0.6 is 0 Å². The summed E-state index contributed by atoms with van der Waals surface area (Å²) in [6, 6.07) is 10.3. The maximum Gasteiger partial charge on any atom is 0.315 e. The maximum absolute atomic E-state index is 12.1. The van der Waals surface area contributed by atoms with Gasteiger partial charge in [0.25, 0.3) is 0 Å². The van der Waals surface area contributed by atoms with Crippen LogP contribution in [-0.2, 0) is 4.79 Å². The van der Waals surface area contributed by atoms with Crippen LogP contribution in [0.15, 0.2) is 30.3 Å². The predicted octanol–water partition coefficient (Wildman–Crippen LogP) is 2.46. The van der Waals surface area contributed by atoms with Crippen molar-refractivity contribution in [2.75, 3.05) is 24.5 Å². The number of rotatable bonds is 5. The first-order valence-corrected chi connectivity index (χ1v) is 9.19. The molecule has 1 aliphatic heterocycles. The number of urea groups is 1. The molecule has 2 aliphatic rings. The molecule has 136 valence electrons. The van der Waals surface area contributed by atoms with Gasteiger partial charge in [-0.3, -0.25) is 4.79 Å². The van der Waals surface area contributed by atoms with E-state index in [1.54, 1.807) is 0 Å². The van der Waals surface area contributed by atoms with Crippen molar-refractivity contribution in [1.29, 1.82) is 0 Å². The van der Waals surface area contributed by atoms with Gasteiger partial charge in [-0.1, -0.05) is 18.2 Å². The molecule has 3 rings (SSSR count). The van der Waals surface area contributed by atoms with Gasteiger partial charge in [0.1, 0.15) is 0 Å². The number of para-hydroxylation sites is 1. The number of carbonyl (C=O) groups excluding carboxylic acids is 1. The monoisotopic (exact) mass is 345 g/mol. The zero-order valence-electron chi connectivity index (χ0n) is 14.5. The van der Waals surface area contributed by atoms with E-state index in [1.807, 2.05) is 18.2 Å². The van der Waals surface area contributed by atoms with Gasteiger partial charge in [0.2, 0.25) is 0 Å². The van der Waals surface area contributed by atoms with Gasteiger partial charge >= 0.3 is 12.0 Å². The van der Waals surface area contributed by atoms with Crippen LogP contribution in [0, 0.1) is 11.8 Å². The first-order chi connectivity index (χ1) is 12.1. The normalized spacial score (nSPS) is 26.2. The molecule has 6 heteroatoms. The van der Waals surface area contributed by atoms with Gasteiger partial charge < -0.3 is 20.6 Å². The highest BCUT2D eigenvalue weighted by molar-refractivity contribution is 5.74. The highest BCUT2D eigenvalue weighted by Gasteiger charge is 2.27. The second kappa shape index (κ2) is 8.23. The van der Waals surface area contributed by atoms with Crippen LogP contribution in [0.2, 0.25) is 0 Å². The average Bonchev–Trinajstić information content (AvgIpc) is 3.10. The van der Waals surface area contributed by atoms with Crippen molar-refractivity contribution in [1.82, 2.24) is 10.6 Å². The van der Waals surface area contributed by atoms with Gasteiger partial charge in [-0.05, 0) is 50.2 Å². The summed E-state index contributed by atoms with van der Waals surface area (Å²) in [6.07, 6.45) is 3.87. The number of hydrogen-bond acceptors (Lipinski definition) is 3. The quantitative estimate of drug-likeness (QED) is 0.766. The zero-order chi connectivity index (χ0) is 17.6. The first kappa shape index (κ1) is 17.6. The molecule has 1 atom stereocenters. The Hall–Kier alpha value is -2.24. The van der Waals surface area contributed by atoms with E-state index in [1.165, 1.54) is 5.69 Å². The average molecular weight is 345 g/mol. The molecule has 2 amide bonds. The van der Waals surface area contributed by atoms with Crippen LogP contribution in [0.1, 0.15) is 32.1 Å². The van der Waals surface area contributed by atoms with E-state index in [2.05, 4.69) is 27.7 Å². The summed E-state index contributed by atoms with van der Waals surface area (Å²) in [5, 5.41) is 15.0. The lowest BCUT2D eigenvalue weighted by Gasteiger charge is -2.27. The molecule has 0 spiro atoms. The number of carbonyl (C=O) groups is 2. The minimum Gasteiger partial charge on any atom is -0.481 e. The summed E-state index contributed by atoms with van der Waals surface area (Å²) in [6.45, 7) is 2.67. The molecule has 1 saturated heterocycles. The van der Waals surface area contributed by atoms with Crippen molar-refractivity contribution in [3.8, 4) is 0 Å². The van der Waals surface area contributed by atoms with Crippen LogP contribution < -0.4 is 15.5 Å². The number of nitrogens with one attached hydrogen (secondary N) is 2. The third kappa shape index (κ3) is 4.87. The predicted molar refractivity (Wildman–Crippen MR) is 96.7 cm³/mol. The van der Waals surface area contributed by atoms with Crippen molar-refractivity contribution >= 4 is 17.7 Å². The molecule has 0 bridgehead atoms. The van der Waals surface area contributed by atoms with Crippen molar-refractivity contribution in [3.05, 3.63) is 30.3 Å². The summed E-state index contributed by atoms with van der Waals surface area (Å²) >= 11 is 0. The molecule has 25 heavy (non-hydrogen) atoms. The molecule has 3 N–H and O–H groups in total.